The van der Waals surface area contributed by atoms with E-state index < -0.39 is 47.0 Å². The van der Waals surface area contributed by atoms with Crippen LogP contribution in [0.2, 0.25) is 5.02 Å². The zero-order valence-electron chi connectivity index (χ0n) is 14.9. The molecular formula is C19H11ClF5N3O2. The summed E-state index contributed by atoms with van der Waals surface area (Å²) in [6, 6.07) is 7.43. The third kappa shape index (κ3) is 3.51. The Kier molecular flexibility index (Phi) is 4.97. The molecule has 0 radical (unpaired) electrons. The molecule has 11 heteroatoms. The Morgan fingerprint density at radius 2 is 1.87 bits per heavy atom. The minimum Gasteiger partial charge on any atom is -0.329 e. The Bertz CT molecular complexity index is 1130. The van der Waals surface area contributed by atoms with E-state index >= 15 is 0 Å². The van der Waals surface area contributed by atoms with Crippen LogP contribution in [0.4, 0.5) is 27.6 Å². The number of amides is 1. The summed E-state index contributed by atoms with van der Waals surface area (Å²) in [6.07, 6.45) is -4.49. The molecule has 1 atom stereocenters. The van der Waals surface area contributed by atoms with Crippen molar-refractivity contribution in [3.63, 3.8) is 0 Å². The van der Waals surface area contributed by atoms with Gasteiger partial charge in [-0.05, 0) is 24.1 Å². The van der Waals surface area contributed by atoms with Gasteiger partial charge in [0.05, 0.1) is 17.3 Å². The van der Waals surface area contributed by atoms with E-state index in [4.69, 9.17) is 11.6 Å². The summed E-state index contributed by atoms with van der Waals surface area (Å²) >= 11 is 6.20. The number of carbonyl (C=O) groups is 1. The molecule has 2 heterocycles. The molecule has 4 rings (SSSR count). The normalized spacial score (nSPS) is 17.1. The first kappa shape index (κ1) is 20.3. The first-order chi connectivity index (χ1) is 14.2. The number of rotatable bonds is 3. The number of benzene rings is 2. The van der Waals surface area contributed by atoms with Gasteiger partial charge in [-0.1, -0.05) is 35.0 Å². The van der Waals surface area contributed by atoms with Crippen LogP contribution in [-0.2, 0) is 11.0 Å². The predicted molar refractivity (Wildman–Crippen MR) is 95.6 cm³/mol. The van der Waals surface area contributed by atoms with E-state index in [1.165, 1.54) is 0 Å². The molecule has 1 aliphatic rings. The standard InChI is InChI=1S/C19H11ClF5N3O2/c20-11-4-2-1-3-9(11)14-5-6-16(29)28(14)15-8-12(21)10(7-13(15)22)17-26-18(30-27-17)19(23,24)25/h1-4,7-8,14H,5-6H2. The monoisotopic (exact) mass is 443 g/mol. The number of aromatic nitrogens is 2. The largest absolute Gasteiger partial charge is 0.471 e. The summed E-state index contributed by atoms with van der Waals surface area (Å²) < 4.78 is 71.5. The fourth-order valence-electron chi connectivity index (χ4n) is 3.37. The van der Waals surface area contributed by atoms with E-state index in [1.807, 2.05) is 0 Å². The molecule has 1 fully saturated rings. The van der Waals surface area contributed by atoms with Gasteiger partial charge in [0, 0.05) is 17.5 Å². The van der Waals surface area contributed by atoms with Gasteiger partial charge in [-0.3, -0.25) is 4.79 Å². The minimum absolute atomic E-state index is 0.0957. The topological polar surface area (TPSA) is 59.2 Å². The molecule has 1 amide bonds. The highest BCUT2D eigenvalue weighted by Gasteiger charge is 2.39. The van der Waals surface area contributed by atoms with Crippen LogP contribution in [-0.4, -0.2) is 16.0 Å². The molecule has 2 aromatic carbocycles. The molecule has 1 aliphatic heterocycles. The first-order valence-corrected chi connectivity index (χ1v) is 9.01. The average molecular weight is 444 g/mol. The zero-order chi connectivity index (χ0) is 21.6. The summed E-state index contributed by atoms with van der Waals surface area (Å²) in [4.78, 5) is 16.6. The third-order valence-electron chi connectivity index (χ3n) is 4.68. The molecule has 156 valence electrons. The van der Waals surface area contributed by atoms with Crippen LogP contribution in [0.1, 0.15) is 30.3 Å². The summed E-state index contributed by atoms with van der Waals surface area (Å²) in [7, 11) is 0. The van der Waals surface area contributed by atoms with Crippen molar-refractivity contribution in [1.82, 2.24) is 10.1 Å². The van der Waals surface area contributed by atoms with Gasteiger partial charge in [-0.25, -0.2) is 8.78 Å². The fraction of sp³-hybridized carbons (Fsp3) is 0.211. The van der Waals surface area contributed by atoms with Crippen molar-refractivity contribution in [3.05, 3.63) is 64.5 Å². The highest BCUT2D eigenvalue weighted by molar-refractivity contribution is 6.31. The lowest BCUT2D eigenvalue weighted by Crippen LogP contribution is -2.28. The van der Waals surface area contributed by atoms with Crippen LogP contribution >= 0.6 is 11.6 Å². The van der Waals surface area contributed by atoms with Gasteiger partial charge in [0.25, 0.3) is 0 Å². The molecule has 1 aromatic heterocycles. The van der Waals surface area contributed by atoms with Crippen LogP contribution in [0.5, 0.6) is 0 Å². The van der Waals surface area contributed by atoms with Crippen molar-refractivity contribution in [2.75, 3.05) is 4.90 Å². The van der Waals surface area contributed by atoms with Crippen molar-refractivity contribution >= 4 is 23.2 Å². The summed E-state index contributed by atoms with van der Waals surface area (Å²) in [5, 5.41) is 3.43. The average Bonchev–Trinajstić information content (AvgIpc) is 3.31. The molecule has 1 saturated heterocycles. The molecule has 0 bridgehead atoms. The lowest BCUT2D eigenvalue weighted by atomic mass is 10.0. The number of hydrogen-bond donors (Lipinski definition) is 0. The maximum absolute atomic E-state index is 14.9. The quantitative estimate of drug-likeness (QED) is 0.498. The lowest BCUT2D eigenvalue weighted by molar-refractivity contribution is -0.159. The van der Waals surface area contributed by atoms with Crippen molar-refractivity contribution in [1.29, 1.82) is 0 Å². The Morgan fingerprint density at radius 3 is 2.53 bits per heavy atom. The number of nitrogens with zero attached hydrogens (tertiary/aromatic N) is 3. The second-order valence-electron chi connectivity index (χ2n) is 6.54. The van der Waals surface area contributed by atoms with Crippen LogP contribution in [0.15, 0.2) is 40.9 Å². The van der Waals surface area contributed by atoms with Gasteiger partial charge in [0.2, 0.25) is 11.7 Å². The van der Waals surface area contributed by atoms with Gasteiger partial charge in [-0.15, -0.1) is 0 Å². The molecular weight excluding hydrogens is 433 g/mol. The zero-order valence-corrected chi connectivity index (χ0v) is 15.6. The van der Waals surface area contributed by atoms with E-state index in [-0.39, 0.29) is 12.1 Å². The Balaban J connectivity index is 1.75. The second-order valence-corrected chi connectivity index (χ2v) is 6.95. The maximum atomic E-state index is 14.9. The van der Waals surface area contributed by atoms with Gasteiger partial charge >= 0.3 is 12.1 Å². The van der Waals surface area contributed by atoms with Crippen molar-refractivity contribution < 1.29 is 31.3 Å². The Hall–Kier alpha value is -3.01. The fourth-order valence-corrected chi connectivity index (χ4v) is 3.63. The third-order valence-corrected chi connectivity index (χ3v) is 5.03. The van der Waals surface area contributed by atoms with E-state index in [9.17, 15) is 26.7 Å². The number of hydrogen-bond acceptors (Lipinski definition) is 4. The van der Waals surface area contributed by atoms with Gasteiger partial charge in [0.1, 0.15) is 11.6 Å². The summed E-state index contributed by atoms with van der Waals surface area (Å²) in [5.41, 5.74) is -0.415. The summed E-state index contributed by atoms with van der Waals surface area (Å²) in [5.74, 6) is -5.03. The molecule has 1 unspecified atom stereocenters. The van der Waals surface area contributed by atoms with E-state index in [0.29, 0.717) is 23.1 Å². The number of carbonyl (C=O) groups excluding carboxylic acids is 1. The highest BCUT2D eigenvalue weighted by atomic mass is 35.5. The van der Waals surface area contributed by atoms with Gasteiger partial charge in [-0.2, -0.15) is 18.2 Å². The van der Waals surface area contributed by atoms with E-state index in [1.54, 1.807) is 24.3 Å². The molecule has 0 N–H and O–H groups in total. The molecule has 0 aliphatic carbocycles. The molecule has 5 nitrogen and oxygen atoms in total. The maximum Gasteiger partial charge on any atom is 0.471 e. The van der Waals surface area contributed by atoms with Gasteiger partial charge < -0.3 is 9.42 Å². The van der Waals surface area contributed by atoms with Crippen LogP contribution in [0.3, 0.4) is 0 Å². The van der Waals surface area contributed by atoms with Crippen molar-refractivity contribution in [2.45, 2.75) is 25.1 Å². The molecule has 0 spiro atoms. The van der Waals surface area contributed by atoms with Crippen LogP contribution in [0, 0.1) is 11.6 Å². The Morgan fingerprint density at radius 1 is 1.13 bits per heavy atom. The smallest absolute Gasteiger partial charge is 0.329 e. The SMILES string of the molecule is O=C1CCC(c2ccccc2Cl)N1c1cc(F)c(-c2noc(C(F)(F)F)n2)cc1F. The number of halogens is 6. The van der Waals surface area contributed by atoms with Crippen LogP contribution in [0.25, 0.3) is 11.4 Å². The second kappa shape index (κ2) is 7.35. The van der Waals surface area contributed by atoms with E-state index in [2.05, 4.69) is 14.7 Å². The van der Waals surface area contributed by atoms with Gasteiger partial charge in [0.15, 0.2) is 0 Å². The lowest BCUT2D eigenvalue weighted by Gasteiger charge is -2.26. The Labute approximate surface area is 171 Å². The predicted octanol–water partition coefficient (Wildman–Crippen LogP) is 5.56. The minimum atomic E-state index is -4.93. The van der Waals surface area contributed by atoms with E-state index in [0.717, 1.165) is 11.0 Å². The number of anilines is 1. The van der Waals surface area contributed by atoms with Crippen molar-refractivity contribution in [2.24, 2.45) is 0 Å². The highest BCUT2D eigenvalue weighted by Crippen LogP contribution is 2.42. The molecule has 30 heavy (non-hydrogen) atoms. The first-order valence-electron chi connectivity index (χ1n) is 8.63. The number of alkyl halides is 3. The summed E-state index contributed by atoms with van der Waals surface area (Å²) in [6.45, 7) is 0. The van der Waals surface area contributed by atoms with Crippen molar-refractivity contribution in [3.8, 4) is 11.4 Å². The van der Waals surface area contributed by atoms with Crippen LogP contribution < -0.4 is 4.90 Å². The molecule has 3 aromatic rings. The molecule has 0 saturated carbocycles.